The van der Waals surface area contributed by atoms with Gasteiger partial charge in [0.25, 0.3) is 0 Å². The standard InChI is InChI=1S/C18H24N6/c1-3-24(4-2)10-9-20-16-12-18(19)22-17-11-13(5-6-14(16)17)15-7-8-21-23-15/h5-8,11-12H,3-4,9-10H2,1-2H3,(H,21,23)(H3,19,20,22). The van der Waals surface area contributed by atoms with Gasteiger partial charge in [-0.25, -0.2) is 4.98 Å². The van der Waals surface area contributed by atoms with Crippen LogP contribution in [-0.4, -0.2) is 46.3 Å². The molecule has 2 aromatic heterocycles. The largest absolute Gasteiger partial charge is 0.384 e. The van der Waals surface area contributed by atoms with Gasteiger partial charge in [-0.15, -0.1) is 0 Å². The zero-order valence-corrected chi connectivity index (χ0v) is 14.2. The summed E-state index contributed by atoms with van der Waals surface area (Å²) in [6, 6.07) is 10.0. The molecule has 6 heteroatoms. The molecular formula is C18H24N6. The van der Waals surface area contributed by atoms with Crippen LogP contribution in [0.4, 0.5) is 11.5 Å². The lowest BCUT2D eigenvalue weighted by Gasteiger charge is -2.19. The van der Waals surface area contributed by atoms with Crippen molar-refractivity contribution in [2.45, 2.75) is 13.8 Å². The summed E-state index contributed by atoms with van der Waals surface area (Å²) in [6.07, 6.45) is 1.74. The van der Waals surface area contributed by atoms with Gasteiger partial charge in [0, 0.05) is 42.0 Å². The summed E-state index contributed by atoms with van der Waals surface area (Å²) in [6.45, 7) is 8.36. The molecule has 1 aromatic carbocycles. The van der Waals surface area contributed by atoms with Crippen LogP contribution in [0.25, 0.3) is 22.2 Å². The van der Waals surface area contributed by atoms with Crippen LogP contribution >= 0.6 is 0 Å². The first-order valence-corrected chi connectivity index (χ1v) is 8.37. The maximum atomic E-state index is 6.00. The number of H-pyrrole nitrogens is 1. The van der Waals surface area contributed by atoms with Crippen molar-refractivity contribution in [1.82, 2.24) is 20.1 Å². The van der Waals surface area contributed by atoms with Crippen molar-refractivity contribution >= 4 is 22.4 Å². The number of hydrogen-bond donors (Lipinski definition) is 3. The minimum Gasteiger partial charge on any atom is -0.384 e. The van der Waals surface area contributed by atoms with Gasteiger partial charge in [-0.2, -0.15) is 5.10 Å². The van der Waals surface area contributed by atoms with Crippen molar-refractivity contribution < 1.29 is 0 Å². The number of nitrogens with one attached hydrogen (secondary N) is 2. The second-order valence-electron chi connectivity index (χ2n) is 5.75. The van der Waals surface area contributed by atoms with E-state index in [-0.39, 0.29) is 0 Å². The van der Waals surface area contributed by atoms with E-state index in [4.69, 9.17) is 5.73 Å². The fourth-order valence-corrected chi connectivity index (χ4v) is 2.87. The molecule has 0 amide bonds. The Morgan fingerprint density at radius 1 is 1.17 bits per heavy atom. The number of aromatic nitrogens is 3. The van der Waals surface area contributed by atoms with Gasteiger partial charge in [0.15, 0.2) is 0 Å². The molecule has 0 aliphatic rings. The zero-order valence-electron chi connectivity index (χ0n) is 14.2. The van der Waals surface area contributed by atoms with Crippen molar-refractivity contribution in [3.63, 3.8) is 0 Å². The van der Waals surface area contributed by atoms with Crippen LogP contribution < -0.4 is 11.1 Å². The Bertz CT molecular complexity index is 793. The first kappa shape index (κ1) is 16.3. The van der Waals surface area contributed by atoms with Gasteiger partial charge in [-0.05, 0) is 25.2 Å². The van der Waals surface area contributed by atoms with Crippen molar-refractivity contribution in [2.24, 2.45) is 0 Å². The monoisotopic (exact) mass is 324 g/mol. The number of nitrogens with zero attached hydrogens (tertiary/aromatic N) is 3. The highest BCUT2D eigenvalue weighted by Gasteiger charge is 2.08. The molecule has 4 N–H and O–H groups in total. The quantitative estimate of drug-likeness (QED) is 0.622. The number of nitrogens with two attached hydrogens (primary N) is 1. The molecule has 0 saturated heterocycles. The highest BCUT2D eigenvalue weighted by atomic mass is 15.1. The molecule has 0 saturated carbocycles. The SMILES string of the molecule is CCN(CC)CCNc1cc(N)nc2cc(-c3ccn[nH]3)ccc12. The highest BCUT2D eigenvalue weighted by Crippen LogP contribution is 2.28. The number of rotatable bonds is 7. The van der Waals surface area contributed by atoms with Crippen LogP contribution in [0.1, 0.15) is 13.8 Å². The Kier molecular flexibility index (Phi) is 4.96. The number of hydrogen-bond acceptors (Lipinski definition) is 5. The molecule has 24 heavy (non-hydrogen) atoms. The van der Waals surface area contributed by atoms with E-state index in [0.717, 1.165) is 54.0 Å². The molecule has 0 fully saturated rings. The lowest BCUT2D eigenvalue weighted by atomic mass is 10.1. The first-order valence-electron chi connectivity index (χ1n) is 8.37. The molecule has 0 atom stereocenters. The van der Waals surface area contributed by atoms with E-state index in [2.05, 4.69) is 51.4 Å². The van der Waals surface area contributed by atoms with Crippen molar-refractivity contribution in [3.8, 4) is 11.3 Å². The van der Waals surface area contributed by atoms with Gasteiger partial charge in [0.05, 0.1) is 11.2 Å². The second-order valence-corrected chi connectivity index (χ2v) is 5.75. The second kappa shape index (κ2) is 7.31. The first-order chi connectivity index (χ1) is 11.7. The summed E-state index contributed by atoms with van der Waals surface area (Å²) in [7, 11) is 0. The van der Waals surface area contributed by atoms with Crippen LogP contribution in [0, 0.1) is 0 Å². The predicted octanol–water partition coefficient (Wildman–Crippen LogP) is 2.96. The van der Waals surface area contributed by atoms with Crippen molar-refractivity contribution in [2.75, 3.05) is 37.2 Å². The minimum atomic E-state index is 0.523. The number of fused-ring (bicyclic) bond motifs is 1. The lowest BCUT2D eigenvalue weighted by Crippen LogP contribution is -2.28. The number of aromatic amines is 1. The fraction of sp³-hybridized carbons (Fsp3) is 0.333. The minimum absolute atomic E-state index is 0.523. The van der Waals surface area contributed by atoms with E-state index < -0.39 is 0 Å². The maximum absolute atomic E-state index is 6.00. The van der Waals surface area contributed by atoms with E-state index in [9.17, 15) is 0 Å². The molecule has 0 aliphatic heterocycles. The summed E-state index contributed by atoms with van der Waals surface area (Å²) in [5.41, 5.74) is 9.92. The fourth-order valence-electron chi connectivity index (χ4n) is 2.87. The Hall–Kier alpha value is -2.60. The molecule has 2 heterocycles. The molecule has 6 nitrogen and oxygen atoms in total. The third-order valence-corrected chi connectivity index (χ3v) is 4.28. The molecular weight excluding hydrogens is 300 g/mol. The van der Waals surface area contributed by atoms with Crippen molar-refractivity contribution in [3.05, 3.63) is 36.5 Å². The Morgan fingerprint density at radius 3 is 2.71 bits per heavy atom. The molecule has 0 aliphatic carbocycles. The molecule has 126 valence electrons. The molecule has 0 unspecified atom stereocenters. The third kappa shape index (κ3) is 3.49. The van der Waals surface area contributed by atoms with E-state index in [1.807, 2.05) is 18.2 Å². The van der Waals surface area contributed by atoms with Crippen molar-refractivity contribution in [1.29, 1.82) is 0 Å². The average molecular weight is 324 g/mol. The molecule has 0 spiro atoms. The van der Waals surface area contributed by atoms with Crippen LogP contribution in [0.15, 0.2) is 36.5 Å². The van der Waals surface area contributed by atoms with Gasteiger partial charge < -0.3 is 16.0 Å². The van der Waals surface area contributed by atoms with Crippen LogP contribution in [0.2, 0.25) is 0 Å². The maximum Gasteiger partial charge on any atom is 0.126 e. The third-order valence-electron chi connectivity index (χ3n) is 4.28. The highest BCUT2D eigenvalue weighted by molar-refractivity contribution is 5.95. The predicted molar refractivity (Wildman–Crippen MR) is 100 cm³/mol. The van der Waals surface area contributed by atoms with Crippen LogP contribution in [0.5, 0.6) is 0 Å². The number of nitrogen functional groups attached to an aromatic ring is 1. The van der Waals surface area contributed by atoms with Gasteiger partial charge in [-0.3, -0.25) is 5.10 Å². The smallest absolute Gasteiger partial charge is 0.126 e. The van der Waals surface area contributed by atoms with Gasteiger partial charge in [0.1, 0.15) is 5.82 Å². The van der Waals surface area contributed by atoms with E-state index in [1.165, 1.54) is 0 Å². The summed E-state index contributed by atoms with van der Waals surface area (Å²) in [4.78, 5) is 6.86. The van der Waals surface area contributed by atoms with E-state index in [0.29, 0.717) is 5.82 Å². The normalized spacial score (nSPS) is 11.3. The number of anilines is 2. The van der Waals surface area contributed by atoms with E-state index in [1.54, 1.807) is 6.20 Å². The van der Waals surface area contributed by atoms with Gasteiger partial charge in [-0.1, -0.05) is 26.0 Å². The molecule has 3 rings (SSSR count). The Labute approximate surface area is 142 Å². The lowest BCUT2D eigenvalue weighted by molar-refractivity contribution is 0.316. The topological polar surface area (TPSA) is 82.9 Å². The van der Waals surface area contributed by atoms with Crippen LogP contribution in [0.3, 0.4) is 0 Å². The Balaban J connectivity index is 1.85. The van der Waals surface area contributed by atoms with Gasteiger partial charge in [0.2, 0.25) is 0 Å². The zero-order chi connectivity index (χ0) is 16.9. The van der Waals surface area contributed by atoms with Gasteiger partial charge >= 0.3 is 0 Å². The van der Waals surface area contributed by atoms with Crippen LogP contribution in [-0.2, 0) is 0 Å². The molecule has 0 bridgehead atoms. The summed E-state index contributed by atoms with van der Waals surface area (Å²) >= 11 is 0. The Morgan fingerprint density at radius 2 is 2.00 bits per heavy atom. The number of benzene rings is 1. The average Bonchev–Trinajstić information content (AvgIpc) is 3.12. The molecule has 3 aromatic rings. The summed E-state index contributed by atoms with van der Waals surface area (Å²) in [5, 5.41) is 11.6. The summed E-state index contributed by atoms with van der Waals surface area (Å²) in [5.74, 6) is 0.523. The molecule has 0 radical (unpaired) electrons. The number of likely N-dealkylation sites (N-methyl/N-ethyl adjacent to an activating group) is 1. The van der Waals surface area contributed by atoms with E-state index >= 15 is 0 Å². The number of pyridine rings is 1. The summed E-state index contributed by atoms with van der Waals surface area (Å²) < 4.78 is 0.